The topological polar surface area (TPSA) is 92.1 Å². The normalized spacial score (nSPS) is 10.2. The minimum absolute atomic E-state index is 0.221. The number of methoxy groups -OCH3 is 1. The maximum atomic E-state index is 12.2. The van der Waals surface area contributed by atoms with Crippen LogP contribution >= 0.6 is 11.8 Å². The van der Waals surface area contributed by atoms with Gasteiger partial charge in [-0.3, -0.25) is 4.79 Å². The summed E-state index contributed by atoms with van der Waals surface area (Å²) < 4.78 is 4.72. The van der Waals surface area contributed by atoms with Crippen LogP contribution in [0.4, 0.5) is 5.69 Å². The standard InChI is InChI=1S/C20H21N3O3S/c1-12-13(2)16(11-21)19(22-14(12)3)27-10-9-18(24)23-17-8-6-5-7-15(17)20(25)26-4/h5-8H,9-10H2,1-4H3,(H,23,24). The van der Waals surface area contributed by atoms with Gasteiger partial charge in [-0.1, -0.05) is 12.1 Å². The summed E-state index contributed by atoms with van der Waals surface area (Å²) in [6, 6.07) is 8.88. The Morgan fingerprint density at radius 1 is 1.22 bits per heavy atom. The van der Waals surface area contributed by atoms with Gasteiger partial charge in [0.25, 0.3) is 0 Å². The molecule has 0 fully saturated rings. The highest BCUT2D eigenvalue weighted by Crippen LogP contribution is 2.27. The summed E-state index contributed by atoms with van der Waals surface area (Å²) in [6.07, 6.45) is 0.221. The lowest BCUT2D eigenvalue weighted by atomic mass is 10.1. The van der Waals surface area contributed by atoms with Crippen LogP contribution in [-0.2, 0) is 9.53 Å². The van der Waals surface area contributed by atoms with Crippen LogP contribution in [0.2, 0.25) is 0 Å². The number of amides is 1. The molecule has 2 rings (SSSR count). The maximum absolute atomic E-state index is 12.2. The average Bonchev–Trinajstić information content (AvgIpc) is 2.66. The summed E-state index contributed by atoms with van der Waals surface area (Å²) in [5, 5.41) is 12.8. The van der Waals surface area contributed by atoms with E-state index >= 15 is 0 Å². The predicted octanol–water partition coefficient (Wildman–Crippen LogP) is 3.79. The number of rotatable bonds is 6. The third-order valence-corrected chi connectivity index (χ3v) is 5.23. The predicted molar refractivity (Wildman–Crippen MR) is 105 cm³/mol. The summed E-state index contributed by atoms with van der Waals surface area (Å²) in [7, 11) is 1.29. The van der Waals surface area contributed by atoms with Gasteiger partial charge in [-0.15, -0.1) is 11.8 Å². The molecule has 6 nitrogen and oxygen atoms in total. The molecular weight excluding hydrogens is 362 g/mol. The van der Waals surface area contributed by atoms with Crippen LogP contribution in [0.5, 0.6) is 0 Å². The van der Waals surface area contributed by atoms with E-state index in [1.54, 1.807) is 24.3 Å². The van der Waals surface area contributed by atoms with Crippen molar-refractivity contribution in [1.29, 1.82) is 5.26 Å². The first kappa shape index (κ1) is 20.5. The van der Waals surface area contributed by atoms with E-state index in [9.17, 15) is 14.9 Å². The molecule has 1 aromatic heterocycles. The molecule has 0 aliphatic carbocycles. The molecule has 1 heterocycles. The Bertz CT molecular complexity index is 919. The Kier molecular flexibility index (Phi) is 6.97. The summed E-state index contributed by atoms with van der Waals surface area (Å²) in [5.74, 6) is -0.262. The minimum atomic E-state index is -0.506. The van der Waals surface area contributed by atoms with Crippen molar-refractivity contribution in [2.24, 2.45) is 0 Å². The number of para-hydroxylation sites is 1. The van der Waals surface area contributed by atoms with E-state index in [1.165, 1.54) is 18.9 Å². The summed E-state index contributed by atoms with van der Waals surface area (Å²) in [6.45, 7) is 5.76. The molecule has 0 atom stereocenters. The zero-order valence-electron chi connectivity index (χ0n) is 15.8. The van der Waals surface area contributed by atoms with Crippen molar-refractivity contribution in [3.63, 3.8) is 0 Å². The highest BCUT2D eigenvalue weighted by Gasteiger charge is 2.15. The number of benzene rings is 1. The van der Waals surface area contributed by atoms with Gasteiger partial charge in [0.05, 0.1) is 23.9 Å². The van der Waals surface area contributed by atoms with Gasteiger partial charge >= 0.3 is 5.97 Å². The molecule has 1 amide bonds. The van der Waals surface area contributed by atoms with E-state index < -0.39 is 5.97 Å². The zero-order chi connectivity index (χ0) is 20.0. The van der Waals surface area contributed by atoms with E-state index in [2.05, 4.69) is 16.4 Å². The molecule has 0 radical (unpaired) electrons. The number of anilines is 1. The summed E-state index contributed by atoms with van der Waals surface area (Å²) >= 11 is 1.38. The molecule has 0 saturated carbocycles. The maximum Gasteiger partial charge on any atom is 0.339 e. The van der Waals surface area contributed by atoms with Crippen LogP contribution < -0.4 is 5.32 Å². The van der Waals surface area contributed by atoms with Gasteiger partial charge in [-0.25, -0.2) is 9.78 Å². The van der Waals surface area contributed by atoms with Crippen LogP contribution in [0.3, 0.4) is 0 Å². The van der Waals surface area contributed by atoms with Crippen LogP contribution in [0, 0.1) is 32.1 Å². The van der Waals surface area contributed by atoms with Gasteiger partial charge in [-0.05, 0) is 44.0 Å². The minimum Gasteiger partial charge on any atom is -0.465 e. The Morgan fingerprint density at radius 2 is 1.93 bits per heavy atom. The molecule has 7 heteroatoms. The third kappa shape index (κ3) is 4.86. The highest BCUT2D eigenvalue weighted by atomic mass is 32.2. The first-order valence-corrected chi connectivity index (χ1v) is 9.35. The van der Waals surface area contributed by atoms with Gasteiger partial charge in [0.1, 0.15) is 11.1 Å². The van der Waals surface area contributed by atoms with E-state index in [4.69, 9.17) is 4.74 Å². The fourth-order valence-corrected chi connectivity index (χ4v) is 3.51. The van der Waals surface area contributed by atoms with E-state index in [1.807, 2.05) is 20.8 Å². The van der Waals surface area contributed by atoms with E-state index in [-0.39, 0.29) is 12.3 Å². The van der Waals surface area contributed by atoms with Gasteiger partial charge in [-0.2, -0.15) is 5.26 Å². The number of aromatic nitrogens is 1. The molecule has 1 aromatic carbocycles. The Hall–Kier alpha value is -2.85. The van der Waals surface area contributed by atoms with Crippen molar-refractivity contribution in [2.45, 2.75) is 32.2 Å². The Balaban J connectivity index is 2.03. The summed E-state index contributed by atoms with van der Waals surface area (Å²) in [4.78, 5) is 28.5. The van der Waals surface area contributed by atoms with Crippen molar-refractivity contribution >= 4 is 29.3 Å². The Morgan fingerprint density at radius 3 is 2.59 bits per heavy atom. The fourth-order valence-electron chi connectivity index (χ4n) is 2.48. The number of aryl methyl sites for hydroxylation is 1. The van der Waals surface area contributed by atoms with Crippen molar-refractivity contribution in [3.05, 3.63) is 52.2 Å². The lowest BCUT2D eigenvalue weighted by Crippen LogP contribution is -2.15. The summed E-state index contributed by atoms with van der Waals surface area (Å²) in [5.41, 5.74) is 4.08. The number of nitrogens with one attached hydrogen (secondary N) is 1. The van der Waals surface area contributed by atoms with Crippen molar-refractivity contribution in [3.8, 4) is 6.07 Å². The molecule has 27 heavy (non-hydrogen) atoms. The molecule has 0 bridgehead atoms. The van der Waals surface area contributed by atoms with Crippen molar-refractivity contribution in [1.82, 2.24) is 4.98 Å². The molecule has 0 spiro atoms. The monoisotopic (exact) mass is 383 g/mol. The SMILES string of the molecule is COC(=O)c1ccccc1NC(=O)CCSc1nc(C)c(C)c(C)c1C#N. The molecule has 0 aliphatic rings. The number of nitriles is 1. The quantitative estimate of drug-likeness (QED) is 0.603. The van der Waals surface area contributed by atoms with Gasteiger partial charge in [0.15, 0.2) is 0 Å². The first-order valence-electron chi connectivity index (χ1n) is 8.37. The molecule has 0 saturated heterocycles. The number of nitrogens with zero attached hydrogens (tertiary/aromatic N) is 2. The van der Waals surface area contributed by atoms with Crippen molar-refractivity contribution in [2.75, 3.05) is 18.2 Å². The number of thioether (sulfide) groups is 1. The van der Waals surface area contributed by atoms with Gasteiger partial charge in [0, 0.05) is 17.9 Å². The number of carbonyl (C=O) groups excluding carboxylic acids is 2. The number of hydrogen-bond donors (Lipinski definition) is 1. The van der Waals surface area contributed by atoms with Crippen molar-refractivity contribution < 1.29 is 14.3 Å². The van der Waals surface area contributed by atoms with E-state index in [0.717, 1.165) is 16.8 Å². The first-order chi connectivity index (χ1) is 12.9. The van der Waals surface area contributed by atoms with Gasteiger partial charge in [0.2, 0.25) is 5.91 Å². The van der Waals surface area contributed by atoms with E-state index in [0.29, 0.717) is 27.6 Å². The average molecular weight is 383 g/mol. The number of hydrogen-bond acceptors (Lipinski definition) is 6. The lowest BCUT2D eigenvalue weighted by molar-refractivity contribution is -0.115. The number of carbonyl (C=O) groups is 2. The zero-order valence-corrected chi connectivity index (χ0v) is 16.6. The van der Waals surface area contributed by atoms with Crippen LogP contribution in [0.25, 0.3) is 0 Å². The highest BCUT2D eigenvalue weighted by molar-refractivity contribution is 7.99. The molecule has 0 aliphatic heterocycles. The second-order valence-electron chi connectivity index (χ2n) is 5.92. The second kappa shape index (κ2) is 9.19. The van der Waals surface area contributed by atoms with Crippen LogP contribution in [0.15, 0.2) is 29.3 Å². The number of esters is 1. The Labute approximate surface area is 162 Å². The number of ether oxygens (including phenoxy) is 1. The van der Waals surface area contributed by atoms with Gasteiger partial charge < -0.3 is 10.1 Å². The fraction of sp³-hybridized carbons (Fsp3) is 0.300. The molecule has 1 N–H and O–H groups in total. The lowest BCUT2D eigenvalue weighted by Gasteiger charge is -2.11. The third-order valence-electron chi connectivity index (χ3n) is 4.25. The molecule has 0 unspecified atom stereocenters. The second-order valence-corrected chi connectivity index (χ2v) is 7.01. The smallest absolute Gasteiger partial charge is 0.339 e. The number of pyridine rings is 1. The van der Waals surface area contributed by atoms with Crippen LogP contribution in [-0.4, -0.2) is 29.7 Å². The van der Waals surface area contributed by atoms with Crippen LogP contribution in [0.1, 0.15) is 39.2 Å². The molecule has 140 valence electrons. The molecule has 2 aromatic rings. The largest absolute Gasteiger partial charge is 0.465 e. The molecular formula is C20H21N3O3S.